The van der Waals surface area contributed by atoms with Gasteiger partial charge < -0.3 is 0 Å². The minimum atomic E-state index is 0.809. The molecule has 0 aromatic heterocycles. The van der Waals surface area contributed by atoms with Crippen LogP contribution in [0.15, 0.2) is 0 Å². The molecule has 33 valence electrons. The fourth-order valence-corrected chi connectivity index (χ4v) is 0.230. The number of hydrogen-bond acceptors (Lipinski definition) is 0. The fraction of sp³-hybridized carbons (Fsp3) is 0.400. The van der Waals surface area contributed by atoms with Crippen molar-refractivity contribution in [2.45, 2.75) is 12.8 Å². The van der Waals surface area contributed by atoms with E-state index in [-0.39, 0.29) is 0 Å². The molecule has 0 heterocycles. The Morgan fingerprint density at radius 3 is 2.50 bits per heavy atom. The highest BCUT2D eigenvalue weighted by Gasteiger charge is 1.64. The molecule has 0 aromatic rings. The van der Waals surface area contributed by atoms with Gasteiger partial charge in [-0.15, -0.1) is 0 Å². The van der Waals surface area contributed by atoms with Gasteiger partial charge in [0.2, 0.25) is 0 Å². The molecular formula is C5H6Cl. The van der Waals surface area contributed by atoms with E-state index < -0.39 is 0 Å². The molecule has 0 atom stereocenters. The highest BCUT2D eigenvalue weighted by atomic mass is 35.5. The zero-order chi connectivity index (χ0) is 4.83. The quantitative estimate of drug-likeness (QED) is 0.442. The van der Waals surface area contributed by atoms with Crippen molar-refractivity contribution in [3.63, 3.8) is 0 Å². The largest absolute Gasteiger partial charge is 0.0859 e. The van der Waals surface area contributed by atoms with Crippen molar-refractivity contribution in [2.24, 2.45) is 0 Å². The molecule has 0 bridgehead atoms. The lowest BCUT2D eigenvalue weighted by Crippen LogP contribution is -1.56. The maximum absolute atomic E-state index is 4.99. The van der Waals surface area contributed by atoms with E-state index in [0.29, 0.717) is 0 Å². The van der Waals surface area contributed by atoms with Gasteiger partial charge in [-0.05, 0) is 18.0 Å². The second kappa shape index (κ2) is 4.85. The first-order valence-corrected chi connectivity index (χ1v) is 2.17. The van der Waals surface area contributed by atoms with Gasteiger partial charge in [0.05, 0.1) is 0 Å². The summed E-state index contributed by atoms with van der Waals surface area (Å²) in [6.45, 7) is 3.56. The summed E-state index contributed by atoms with van der Waals surface area (Å²) >= 11 is 4.99. The molecule has 0 unspecified atom stereocenters. The molecule has 0 saturated carbocycles. The van der Waals surface area contributed by atoms with Crippen molar-refractivity contribution in [1.82, 2.24) is 0 Å². The van der Waals surface area contributed by atoms with Crippen molar-refractivity contribution in [3.8, 4) is 11.3 Å². The molecule has 0 nitrogen and oxygen atoms in total. The maximum atomic E-state index is 4.99. The molecular weight excluding hydrogens is 95.5 g/mol. The summed E-state index contributed by atoms with van der Waals surface area (Å²) in [6, 6.07) is 0. The van der Waals surface area contributed by atoms with Crippen LogP contribution in [0.3, 0.4) is 0 Å². The van der Waals surface area contributed by atoms with Gasteiger partial charge in [-0.1, -0.05) is 12.8 Å². The first-order chi connectivity index (χ1) is 2.91. The first-order valence-electron chi connectivity index (χ1n) is 1.79. The molecule has 0 fully saturated rings. The van der Waals surface area contributed by atoms with Crippen LogP contribution in [0.2, 0.25) is 0 Å². The van der Waals surface area contributed by atoms with Gasteiger partial charge >= 0.3 is 0 Å². The Morgan fingerprint density at radius 2 is 2.33 bits per heavy atom. The lowest BCUT2D eigenvalue weighted by molar-refractivity contribution is 1.08. The summed E-state index contributed by atoms with van der Waals surface area (Å²) in [5.74, 6) is 2.65. The van der Waals surface area contributed by atoms with Crippen LogP contribution in [0.5, 0.6) is 0 Å². The summed E-state index contributed by atoms with van der Waals surface area (Å²) in [7, 11) is 0. The van der Waals surface area contributed by atoms with E-state index in [0.717, 1.165) is 12.8 Å². The van der Waals surface area contributed by atoms with E-state index >= 15 is 0 Å². The SMILES string of the molecule is [CH2]CCC#CCl. The second-order valence-corrected chi connectivity index (χ2v) is 1.06. The van der Waals surface area contributed by atoms with Crippen LogP contribution in [-0.2, 0) is 0 Å². The molecule has 0 amide bonds. The van der Waals surface area contributed by atoms with Crippen LogP contribution >= 0.6 is 11.6 Å². The van der Waals surface area contributed by atoms with Crippen molar-refractivity contribution in [3.05, 3.63) is 6.92 Å². The highest BCUT2D eigenvalue weighted by Crippen LogP contribution is 1.79. The molecule has 6 heavy (non-hydrogen) atoms. The first kappa shape index (κ1) is 5.85. The van der Waals surface area contributed by atoms with Gasteiger partial charge in [0, 0.05) is 11.8 Å². The monoisotopic (exact) mass is 101 g/mol. The Kier molecular flexibility index (Phi) is 4.73. The summed E-state index contributed by atoms with van der Waals surface area (Å²) in [6.07, 6.45) is 1.66. The Hall–Kier alpha value is -0.150. The van der Waals surface area contributed by atoms with Crippen molar-refractivity contribution >= 4 is 11.6 Å². The predicted octanol–water partition coefficient (Wildman–Crippen LogP) is 1.80. The second-order valence-electron chi connectivity index (χ2n) is 0.875. The van der Waals surface area contributed by atoms with E-state index in [2.05, 4.69) is 18.2 Å². The van der Waals surface area contributed by atoms with E-state index in [4.69, 9.17) is 11.6 Å². The van der Waals surface area contributed by atoms with E-state index in [9.17, 15) is 0 Å². The standard InChI is InChI=1S/C5H6Cl/c1-2-3-4-5-6/h1-3H2. The Labute approximate surface area is 43.5 Å². The van der Waals surface area contributed by atoms with Gasteiger partial charge in [-0.2, -0.15) is 0 Å². The van der Waals surface area contributed by atoms with Crippen LogP contribution in [0.4, 0.5) is 0 Å². The predicted molar refractivity (Wildman–Crippen MR) is 28.2 cm³/mol. The van der Waals surface area contributed by atoms with Crippen molar-refractivity contribution in [2.75, 3.05) is 0 Å². The van der Waals surface area contributed by atoms with E-state index in [1.807, 2.05) is 0 Å². The molecule has 0 saturated heterocycles. The van der Waals surface area contributed by atoms with Crippen LogP contribution < -0.4 is 0 Å². The lowest BCUT2D eigenvalue weighted by Gasteiger charge is -1.70. The third-order valence-corrected chi connectivity index (χ3v) is 0.502. The van der Waals surface area contributed by atoms with Gasteiger partial charge in [-0.3, -0.25) is 0 Å². The van der Waals surface area contributed by atoms with E-state index in [1.54, 1.807) is 0 Å². The molecule has 0 spiro atoms. The Balaban J connectivity index is 2.79. The third-order valence-electron chi connectivity index (χ3n) is 0.369. The zero-order valence-electron chi connectivity index (χ0n) is 3.50. The van der Waals surface area contributed by atoms with Crippen molar-refractivity contribution in [1.29, 1.82) is 0 Å². The van der Waals surface area contributed by atoms with Crippen LogP contribution in [0, 0.1) is 18.2 Å². The third kappa shape index (κ3) is 3.85. The van der Waals surface area contributed by atoms with Gasteiger partial charge in [0.1, 0.15) is 0 Å². The fourth-order valence-electron chi connectivity index (χ4n) is 0.136. The maximum Gasteiger partial charge on any atom is 0.0101 e. The summed E-state index contributed by atoms with van der Waals surface area (Å²) in [4.78, 5) is 0. The van der Waals surface area contributed by atoms with Crippen LogP contribution in [-0.4, -0.2) is 0 Å². The average Bonchev–Trinajstić information content (AvgIpc) is 1.61. The molecule has 0 aliphatic carbocycles. The number of hydrogen-bond donors (Lipinski definition) is 0. The molecule has 0 aliphatic heterocycles. The smallest absolute Gasteiger partial charge is 0.0101 e. The number of rotatable bonds is 1. The van der Waals surface area contributed by atoms with Crippen LogP contribution in [0.25, 0.3) is 0 Å². The van der Waals surface area contributed by atoms with Crippen LogP contribution in [0.1, 0.15) is 12.8 Å². The minimum absolute atomic E-state index is 0.809. The van der Waals surface area contributed by atoms with Gasteiger partial charge in [0.15, 0.2) is 0 Å². The number of unbranched alkanes of at least 4 members (excludes halogenated alkanes) is 1. The van der Waals surface area contributed by atoms with Crippen molar-refractivity contribution < 1.29 is 0 Å². The minimum Gasteiger partial charge on any atom is -0.0859 e. The molecule has 1 heteroatoms. The summed E-state index contributed by atoms with van der Waals surface area (Å²) < 4.78 is 0. The average molecular weight is 102 g/mol. The topological polar surface area (TPSA) is 0 Å². The molecule has 0 N–H and O–H groups in total. The lowest BCUT2D eigenvalue weighted by atomic mass is 10.4. The Bertz CT molecular complexity index is 65.7. The zero-order valence-corrected chi connectivity index (χ0v) is 4.26. The van der Waals surface area contributed by atoms with Gasteiger partial charge in [-0.25, -0.2) is 0 Å². The molecule has 0 aromatic carbocycles. The summed E-state index contributed by atoms with van der Waals surface area (Å²) in [5.41, 5.74) is 0. The molecule has 1 radical (unpaired) electrons. The normalized spacial score (nSPS) is 6.33. The Morgan fingerprint density at radius 1 is 1.67 bits per heavy atom. The molecule has 0 rings (SSSR count). The van der Waals surface area contributed by atoms with E-state index in [1.165, 1.54) is 0 Å². The highest BCUT2D eigenvalue weighted by molar-refractivity contribution is 6.30. The molecule has 0 aliphatic rings. The summed E-state index contributed by atoms with van der Waals surface area (Å²) in [5, 5.41) is 2.25. The number of halogens is 1. The van der Waals surface area contributed by atoms with Gasteiger partial charge in [0.25, 0.3) is 0 Å².